The summed E-state index contributed by atoms with van der Waals surface area (Å²) < 4.78 is 1.96. The Bertz CT molecular complexity index is 766. The summed E-state index contributed by atoms with van der Waals surface area (Å²) in [6.07, 6.45) is 4.72. The Morgan fingerprint density at radius 3 is 2.72 bits per heavy atom. The lowest BCUT2D eigenvalue weighted by molar-refractivity contribution is -0.143. The van der Waals surface area contributed by atoms with E-state index in [9.17, 15) is 9.59 Å². The first-order valence-corrected chi connectivity index (χ1v) is 9.24. The van der Waals surface area contributed by atoms with Crippen LogP contribution < -0.4 is 0 Å². The molecule has 25 heavy (non-hydrogen) atoms. The normalized spacial score (nSPS) is 15.3. The van der Waals surface area contributed by atoms with Crippen LogP contribution in [0.5, 0.6) is 0 Å². The third-order valence-electron chi connectivity index (χ3n) is 4.45. The Morgan fingerprint density at radius 1 is 1.32 bits per heavy atom. The summed E-state index contributed by atoms with van der Waals surface area (Å²) in [5.74, 6) is -0.370. The van der Waals surface area contributed by atoms with Crippen molar-refractivity contribution in [2.24, 2.45) is 13.0 Å². The molecular formula is C18H21N3O3S. The van der Waals surface area contributed by atoms with E-state index in [1.54, 1.807) is 22.9 Å². The highest BCUT2D eigenvalue weighted by molar-refractivity contribution is 7.98. The number of hydrogen-bond donors (Lipinski definition) is 1. The highest BCUT2D eigenvalue weighted by Gasteiger charge is 2.27. The number of amides is 1. The summed E-state index contributed by atoms with van der Waals surface area (Å²) in [4.78, 5) is 29.7. The van der Waals surface area contributed by atoms with Crippen LogP contribution in [0.3, 0.4) is 0 Å². The molecule has 0 saturated carbocycles. The maximum atomic E-state index is 12.7. The van der Waals surface area contributed by atoms with Crippen LogP contribution in [0.15, 0.2) is 41.8 Å². The average molecular weight is 359 g/mol. The first kappa shape index (κ1) is 17.5. The molecule has 1 aliphatic rings. The molecule has 0 bridgehead atoms. The molecule has 0 radical (unpaired) electrons. The number of aliphatic carboxylic acids is 1. The summed E-state index contributed by atoms with van der Waals surface area (Å²) in [7, 11) is 1.95. The van der Waals surface area contributed by atoms with Gasteiger partial charge in [-0.15, -0.1) is 0 Å². The van der Waals surface area contributed by atoms with Crippen LogP contribution in [0.1, 0.15) is 28.8 Å². The zero-order chi connectivity index (χ0) is 17.8. The molecule has 0 aliphatic carbocycles. The van der Waals surface area contributed by atoms with E-state index in [1.165, 1.54) is 0 Å². The van der Waals surface area contributed by atoms with Gasteiger partial charge in [-0.2, -0.15) is 0 Å². The predicted octanol–water partition coefficient (Wildman–Crippen LogP) is 2.65. The second kappa shape index (κ2) is 7.74. The Balaban J connectivity index is 1.62. The molecule has 132 valence electrons. The maximum absolute atomic E-state index is 12.7. The Hall–Kier alpha value is -2.28. The second-order valence-electron chi connectivity index (χ2n) is 6.21. The van der Waals surface area contributed by atoms with Crippen molar-refractivity contribution in [1.29, 1.82) is 0 Å². The Morgan fingerprint density at radius 2 is 2.08 bits per heavy atom. The van der Waals surface area contributed by atoms with Crippen LogP contribution in [0.2, 0.25) is 0 Å². The van der Waals surface area contributed by atoms with E-state index in [0.29, 0.717) is 31.5 Å². The number of nitrogens with zero attached hydrogens (tertiary/aromatic N) is 3. The maximum Gasteiger partial charge on any atom is 0.306 e. The zero-order valence-electron chi connectivity index (χ0n) is 14.1. The standard InChI is InChI=1S/C18H21N3O3S/c1-20-10-7-19-18(20)25-12-13-3-2-4-15(11-13)16(22)21-8-5-14(6-9-21)17(23)24/h2-4,7,10-11,14H,5-6,8-9,12H2,1H3,(H,23,24). The molecule has 1 aromatic heterocycles. The highest BCUT2D eigenvalue weighted by Crippen LogP contribution is 2.23. The van der Waals surface area contributed by atoms with Gasteiger partial charge in [0.15, 0.2) is 5.16 Å². The zero-order valence-corrected chi connectivity index (χ0v) is 14.9. The quantitative estimate of drug-likeness (QED) is 0.831. The van der Waals surface area contributed by atoms with Gasteiger partial charge in [0, 0.05) is 43.8 Å². The van der Waals surface area contributed by atoms with Gasteiger partial charge in [-0.25, -0.2) is 4.98 Å². The third kappa shape index (κ3) is 4.22. The number of aromatic nitrogens is 2. The van der Waals surface area contributed by atoms with E-state index >= 15 is 0 Å². The molecule has 1 amide bonds. The summed E-state index contributed by atoms with van der Waals surface area (Å²) in [5.41, 5.74) is 1.73. The van der Waals surface area contributed by atoms with Gasteiger partial charge in [0.05, 0.1) is 5.92 Å². The van der Waals surface area contributed by atoms with Crippen molar-refractivity contribution < 1.29 is 14.7 Å². The van der Waals surface area contributed by atoms with Gasteiger partial charge in [-0.3, -0.25) is 9.59 Å². The molecule has 0 spiro atoms. The van der Waals surface area contributed by atoms with Crippen molar-refractivity contribution in [3.8, 4) is 0 Å². The van der Waals surface area contributed by atoms with Crippen molar-refractivity contribution in [3.05, 3.63) is 47.8 Å². The van der Waals surface area contributed by atoms with Gasteiger partial charge in [-0.05, 0) is 30.5 Å². The number of carboxylic acid groups (broad SMARTS) is 1. The number of piperidine rings is 1. The lowest BCUT2D eigenvalue weighted by Gasteiger charge is -2.30. The average Bonchev–Trinajstić information content (AvgIpc) is 3.04. The molecule has 1 saturated heterocycles. The molecule has 2 aromatic rings. The van der Waals surface area contributed by atoms with Crippen LogP contribution >= 0.6 is 11.8 Å². The molecule has 1 N–H and O–H groups in total. The number of likely N-dealkylation sites (tertiary alicyclic amines) is 1. The van der Waals surface area contributed by atoms with Crippen molar-refractivity contribution in [2.75, 3.05) is 13.1 Å². The topological polar surface area (TPSA) is 75.4 Å². The molecule has 0 atom stereocenters. The largest absolute Gasteiger partial charge is 0.481 e. The van der Waals surface area contributed by atoms with Crippen LogP contribution in [-0.2, 0) is 17.6 Å². The second-order valence-corrected chi connectivity index (χ2v) is 7.16. The van der Waals surface area contributed by atoms with Gasteiger partial charge in [0.25, 0.3) is 5.91 Å². The number of imidazole rings is 1. The number of thioether (sulfide) groups is 1. The first-order valence-electron chi connectivity index (χ1n) is 8.25. The van der Waals surface area contributed by atoms with Crippen molar-refractivity contribution in [2.45, 2.75) is 23.8 Å². The van der Waals surface area contributed by atoms with Gasteiger partial charge in [-0.1, -0.05) is 23.9 Å². The number of carboxylic acids is 1. The van der Waals surface area contributed by atoms with Crippen LogP contribution in [0.25, 0.3) is 0 Å². The van der Waals surface area contributed by atoms with E-state index in [4.69, 9.17) is 5.11 Å². The smallest absolute Gasteiger partial charge is 0.306 e. The monoisotopic (exact) mass is 359 g/mol. The van der Waals surface area contributed by atoms with Crippen molar-refractivity contribution >= 4 is 23.6 Å². The Kier molecular flexibility index (Phi) is 5.43. The summed E-state index contributed by atoms with van der Waals surface area (Å²) in [6.45, 7) is 1.00. The minimum Gasteiger partial charge on any atom is -0.481 e. The summed E-state index contributed by atoms with van der Waals surface area (Å²) >= 11 is 1.63. The number of aryl methyl sites for hydroxylation is 1. The lowest BCUT2D eigenvalue weighted by Crippen LogP contribution is -2.40. The van der Waals surface area contributed by atoms with Gasteiger partial charge in [0.2, 0.25) is 0 Å². The van der Waals surface area contributed by atoms with Crippen molar-refractivity contribution in [1.82, 2.24) is 14.5 Å². The van der Waals surface area contributed by atoms with Gasteiger partial charge < -0.3 is 14.6 Å². The molecule has 3 rings (SSSR count). The molecule has 1 aromatic carbocycles. The fourth-order valence-corrected chi connectivity index (χ4v) is 3.82. The molecule has 2 heterocycles. The van der Waals surface area contributed by atoms with E-state index in [0.717, 1.165) is 16.5 Å². The Labute approximate surface area is 150 Å². The van der Waals surface area contributed by atoms with Crippen LogP contribution in [0, 0.1) is 5.92 Å². The molecule has 7 heteroatoms. The summed E-state index contributed by atoms with van der Waals surface area (Å²) in [6, 6.07) is 7.64. The lowest BCUT2D eigenvalue weighted by atomic mass is 9.96. The summed E-state index contributed by atoms with van der Waals surface area (Å²) in [5, 5.41) is 10.00. The highest BCUT2D eigenvalue weighted by atomic mass is 32.2. The van der Waals surface area contributed by atoms with Gasteiger partial charge >= 0.3 is 5.97 Å². The SMILES string of the molecule is Cn1ccnc1SCc1cccc(C(=O)N2CCC(C(=O)O)CC2)c1. The molecule has 1 aliphatic heterocycles. The predicted molar refractivity (Wildman–Crippen MR) is 95.5 cm³/mol. The third-order valence-corrected chi connectivity index (χ3v) is 5.58. The molecule has 0 unspecified atom stereocenters. The minimum atomic E-state index is -0.764. The van der Waals surface area contributed by atoms with E-state index < -0.39 is 5.97 Å². The molecule has 1 fully saturated rings. The van der Waals surface area contributed by atoms with E-state index in [2.05, 4.69) is 4.98 Å². The number of rotatable bonds is 5. The first-order chi connectivity index (χ1) is 12.0. The number of benzene rings is 1. The fraction of sp³-hybridized carbons (Fsp3) is 0.389. The van der Waals surface area contributed by atoms with Crippen LogP contribution in [-0.4, -0.2) is 44.5 Å². The number of carbonyl (C=O) groups excluding carboxylic acids is 1. The number of carbonyl (C=O) groups is 2. The van der Waals surface area contributed by atoms with E-state index in [1.807, 2.05) is 42.1 Å². The van der Waals surface area contributed by atoms with Crippen molar-refractivity contribution in [3.63, 3.8) is 0 Å². The molecule has 6 nitrogen and oxygen atoms in total. The molecular weight excluding hydrogens is 338 g/mol. The number of hydrogen-bond acceptors (Lipinski definition) is 4. The van der Waals surface area contributed by atoms with Crippen LogP contribution in [0.4, 0.5) is 0 Å². The van der Waals surface area contributed by atoms with Gasteiger partial charge in [0.1, 0.15) is 0 Å². The minimum absolute atomic E-state index is 0.0207. The fourth-order valence-electron chi connectivity index (χ4n) is 2.95. The van der Waals surface area contributed by atoms with E-state index in [-0.39, 0.29) is 11.8 Å².